The summed E-state index contributed by atoms with van der Waals surface area (Å²) in [5.41, 5.74) is 6.50. The van der Waals surface area contributed by atoms with Crippen LogP contribution in [0.3, 0.4) is 0 Å². The molecule has 0 bridgehead atoms. The number of anilines is 2. The van der Waals surface area contributed by atoms with Crippen molar-refractivity contribution in [3.05, 3.63) is 67.0 Å². The van der Waals surface area contributed by atoms with Gasteiger partial charge in [-0.1, -0.05) is 18.7 Å². The van der Waals surface area contributed by atoms with Gasteiger partial charge in [0.05, 0.1) is 17.5 Å². The van der Waals surface area contributed by atoms with Gasteiger partial charge in [0, 0.05) is 12.3 Å². The zero-order valence-electron chi connectivity index (χ0n) is 12.2. The first-order chi connectivity index (χ1) is 10.7. The van der Waals surface area contributed by atoms with Crippen LogP contribution >= 0.6 is 0 Å². The number of pyridine rings is 1. The summed E-state index contributed by atoms with van der Waals surface area (Å²) in [5, 5.41) is 7.35. The third-order valence-electron chi connectivity index (χ3n) is 2.83. The molecule has 2 aromatic heterocycles. The fraction of sp³-hybridized carbons (Fsp3) is 0.0625. The van der Waals surface area contributed by atoms with Crippen molar-refractivity contribution in [3.8, 4) is 0 Å². The summed E-state index contributed by atoms with van der Waals surface area (Å²) in [6.07, 6.45) is 10.5. The van der Waals surface area contributed by atoms with Crippen LogP contribution < -0.4 is 11.1 Å². The summed E-state index contributed by atoms with van der Waals surface area (Å²) in [6, 6.07) is 5.05. The van der Waals surface area contributed by atoms with Gasteiger partial charge in [-0.2, -0.15) is 5.10 Å². The lowest BCUT2D eigenvalue weighted by atomic mass is 10.2. The molecule has 2 rings (SSSR count). The minimum Gasteiger partial charge on any atom is -0.365 e. The summed E-state index contributed by atoms with van der Waals surface area (Å²) in [7, 11) is 0. The first-order valence-corrected chi connectivity index (χ1v) is 6.69. The van der Waals surface area contributed by atoms with Crippen molar-refractivity contribution in [1.82, 2.24) is 14.8 Å². The molecule has 112 valence electrons. The van der Waals surface area contributed by atoms with E-state index >= 15 is 0 Å². The maximum absolute atomic E-state index is 11.5. The number of primary amides is 1. The summed E-state index contributed by atoms with van der Waals surface area (Å²) >= 11 is 0. The Balaban J connectivity index is 2.41. The second-order valence-electron chi connectivity index (χ2n) is 4.34. The highest BCUT2D eigenvalue weighted by atomic mass is 16.1. The van der Waals surface area contributed by atoms with Gasteiger partial charge in [0.25, 0.3) is 5.91 Å². The van der Waals surface area contributed by atoms with E-state index in [-0.39, 0.29) is 0 Å². The fourth-order valence-corrected chi connectivity index (χ4v) is 1.92. The summed E-state index contributed by atoms with van der Waals surface area (Å²) in [6.45, 7) is 5.61. The number of aromatic nitrogens is 3. The standard InChI is InChI=1S/C16H17N5O/c1-3-6-12(7-4-2)21-14(9-11-19-21)20-16-13(15(17)22)8-5-10-18-16/h3-11H,1H2,2H3,(H2,17,22)(H,18,20)/b7-4-,12-6+. The summed E-state index contributed by atoms with van der Waals surface area (Å²) in [4.78, 5) is 15.6. The lowest BCUT2D eigenvalue weighted by molar-refractivity contribution is 0.100. The van der Waals surface area contributed by atoms with E-state index in [2.05, 4.69) is 22.0 Å². The third kappa shape index (κ3) is 3.29. The predicted octanol–water partition coefficient (Wildman–Crippen LogP) is 2.72. The van der Waals surface area contributed by atoms with Gasteiger partial charge in [0.1, 0.15) is 11.6 Å². The van der Waals surface area contributed by atoms with Crippen LogP contribution in [0.4, 0.5) is 11.6 Å². The highest BCUT2D eigenvalue weighted by molar-refractivity contribution is 5.98. The van der Waals surface area contributed by atoms with Crippen LogP contribution in [0.15, 0.2) is 61.5 Å². The molecule has 6 nitrogen and oxygen atoms in total. The second-order valence-corrected chi connectivity index (χ2v) is 4.34. The van der Waals surface area contributed by atoms with E-state index in [0.717, 1.165) is 5.70 Å². The van der Waals surface area contributed by atoms with Gasteiger partial charge < -0.3 is 11.1 Å². The first kappa shape index (κ1) is 15.2. The number of rotatable bonds is 6. The van der Waals surface area contributed by atoms with Gasteiger partial charge in [-0.3, -0.25) is 4.79 Å². The van der Waals surface area contributed by atoms with Gasteiger partial charge in [-0.15, -0.1) is 0 Å². The lowest BCUT2D eigenvalue weighted by Gasteiger charge is -2.11. The SMILES string of the molecule is C=C/C=C(\C=C/C)n1nccc1Nc1ncccc1C(N)=O. The van der Waals surface area contributed by atoms with Crippen molar-refractivity contribution in [2.45, 2.75) is 6.92 Å². The highest BCUT2D eigenvalue weighted by Crippen LogP contribution is 2.21. The van der Waals surface area contributed by atoms with Crippen LogP contribution in [-0.2, 0) is 0 Å². The van der Waals surface area contributed by atoms with Crippen LogP contribution in [0, 0.1) is 0 Å². The normalized spacial score (nSPS) is 11.6. The van der Waals surface area contributed by atoms with Crippen molar-refractivity contribution < 1.29 is 4.79 Å². The Kier molecular flexibility index (Phi) is 4.87. The molecule has 0 atom stereocenters. The minimum atomic E-state index is -0.544. The van der Waals surface area contributed by atoms with Crippen LogP contribution in [0.5, 0.6) is 0 Å². The number of hydrogen-bond donors (Lipinski definition) is 2. The molecule has 2 aromatic rings. The minimum absolute atomic E-state index is 0.315. The first-order valence-electron chi connectivity index (χ1n) is 6.69. The van der Waals surface area contributed by atoms with Crippen molar-refractivity contribution >= 4 is 23.2 Å². The van der Waals surface area contributed by atoms with E-state index in [1.54, 1.807) is 41.4 Å². The monoisotopic (exact) mass is 295 g/mol. The molecule has 0 spiro atoms. The molecule has 1 amide bonds. The predicted molar refractivity (Wildman–Crippen MR) is 87.5 cm³/mol. The Morgan fingerprint density at radius 1 is 1.41 bits per heavy atom. The van der Waals surface area contributed by atoms with Crippen LogP contribution in [0.2, 0.25) is 0 Å². The fourth-order valence-electron chi connectivity index (χ4n) is 1.92. The summed E-state index contributed by atoms with van der Waals surface area (Å²) in [5.74, 6) is 0.500. The van der Waals surface area contributed by atoms with E-state index in [0.29, 0.717) is 17.2 Å². The Bertz CT molecular complexity index is 742. The van der Waals surface area contributed by atoms with Crippen LogP contribution in [0.1, 0.15) is 17.3 Å². The van der Waals surface area contributed by atoms with E-state index < -0.39 is 5.91 Å². The zero-order valence-corrected chi connectivity index (χ0v) is 12.2. The van der Waals surface area contributed by atoms with Crippen molar-refractivity contribution in [2.24, 2.45) is 5.73 Å². The number of carbonyl (C=O) groups is 1. The number of carbonyl (C=O) groups excluding carboxylic acids is 1. The van der Waals surface area contributed by atoms with Gasteiger partial charge >= 0.3 is 0 Å². The van der Waals surface area contributed by atoms with E-state index in [4.69, 9.17) is 5.73 Å². The molecule has 0 saturated heterocycles. The summed E-state index contributed by atoms with van der Waals surface area (Å²) < 4.78 is 1.68. The molecule has 0 aromatic carbocycles. The second kappa shape index (κ2) is 7.03. The molecular weight excluding hydrogens is 278 g/mol. The van der Waals surface area contributed by atoms with Crippen molar-refractivity contribution in [2.75, 3.05) is 5.32 Å². The van der Waals surface area contributed by atoms with Crippen molar-refractivity contribution in [3.63, 3.8) is 0 Å². The van der Waals surface area contributed by atoms with Gasteiger partial charge in [0.2, 0.25) is 0 Å². The van der Waals surface area contributed by atoms with Crippen LogP contribution in [-0.4, -0.2) is 20.7 Å². The number of nitrogens with zero attached hydrogens (tertiary/aromatic N) is 3. The highest BCUT2D eigenvalue weighted by Gasteiger charge is 2.12. The maximum Gasteiger partial charge on any atom is 0.252 e. The number of hydrogen-bond acceptors (Lipinski definition) is 4. The number of allylic oxidation sites excluding steroid dienone is 5. The zero-order chi connectivity index (χ0) is 15.9. The molecule has 0 saturated carbocycles. The molecule has 0 aliphatic heterocycles. The number of nitrogens with one attached hydrogen (secondary N) is 1. The molecule has 0 unspecified atom stereocenters. The Labute approximate surface area is 128 Å². The lowest BCUT2D eigenvalue weighted by Crippen LogP contribution is -2.15. The smallest absolute Gasteiger partial charge is 0.252 e. The van der Waals surface area contributed by atoms with Crippen molar-refractivity contribution in [1.29, 1.82) is 0 Å². The molecule has 0 aliphatic rings. The number of nitrogens with two attached hydrogens (primary N) is 1. The average molecular weight is 295 g/mol. The van der Waals surface area contributed by atoms with Gasteiger partial charge in [-0.05, 0) is 31.2 Å². The van der Waals surface area contributed by atoms with Crippen LogP contribution in [0.25, 0.3) is 5.70 Å². The molecular formula is C16H17N5O. The van der Waals surface area contributed by atoms with Gasteiger partial charge in [-0.25, -0.2) is 9.67 Å². The number of amides is 1. The Hall–Kier alpha value is -3.15. The quantitative estimate of drug-likeness (QED) is 0.802. The average Bonchev–Trinajstić information content (AvgIpc) is 2.95. The van der Waals surface area contributed by atoms with E-state index in [9.17, 15) is 4.79 Å². The topological polar surface area (TPSA) is 85.8 Å². The van der Waals surface area contributed by atoms with Gasteiger partial charge in [0.15, 0.2) is 0 Å². The molecule has 6 heteroatoms. The van der Waals surface area contributed by atoms with E-state index in [1.165, 1.54) is 0 Å². The third-order valence-corrected chi connectivity index (χ3v) is 2.83. The molecule has 0 radical (unpaired) electrons. The molecule has 0 fully saturated rings. The molecule has 3 N–H and O–H groups in total. The largest absolute Gasteiger partial charge is 0.365 e. The van der Waals surface area contributed by atoms with E-state index in [1.807, 2.05) is 25.2 Å². The molecule has 22 heavy (non-hydrogen) atoms. The Morgan fingerprint density at radius 3 is 2.91 bits per heavy atom. The maximum atomic E-state index is 11.5. The Morgan fingerprint density at radius 2 is 2.23 bits per heavy atom. The molecule has 0 aliphatic carbocycles. The molecule has 2 heterocycles.